The topological polar surface area (TPSA) is 63.2 Å². The molecule has 18 heavy (non-hydrogen) atoms. The Balaban J connectivity index is 2.36. The quantitative estimate of drug-likeness (QED) is 0.746. The summed E-state index contributed by atoms with van der Waals surface area (Å²) in [5, 5.41) is 2.32. The minimum absolute atomic E-state index is 0.0357. The molecule has 0 fully saturated rings. The summed E-state index contributed by atoms with van der Waals surface area (Å²) < 4.78 is 0. The molecular formula is C14H9NO3. The van der Waals surface area contributed by atoms with Crippen LogP contribution in [0.2, 0.25) is 0 Å². The summed E-state index contributed by atoms with van der Waals surface area (Å²) in [5.41, 5.74) is 0.610. The number of amides is 1. The summed E-state index contributed by atoms with van der Waals surface area (Å²) in [6.45, 7) is 1.51. The molecule has 0 aromatic heterocycles. The van der Waals surface area contributed by atoms with Crippen molar-refractivity contribution in [2.45, 2.75) is 6.92 Å². The molecule has 1 amide bonds. The largest absolute Gasteiger partial charge is 0.312 e. The van der Waals surface area contributed by atoms with E-state index >= 15 is 0 Å². The van der Waals surface area contributed by atoms with Gasteiger partial charge in [-0.1, -0.05) is 30.2 Å². The molecule has 2 rings (SSSR count). The number of fused-ring (bicyclic) bond motifs is 1. The zero-order valence-corrected chi connectivity index (χ0v) is 9.61. The molecule has 1 N–H and O–H groups in total. The number of hydrogen-bond acceptors (Lipinski definition) is 3. The number of benzene rings is 1. The van der Waals surface area contributed by atoms with Gasteiger partial charge >= 0.3 is 0 Å². The van der Waals surface area contributed by atoms with Crippen molar-refractivity contribution in [3.8, 4) is 11.8 Å². The third-order valence-electron chi connectivity index (χ3n) is 2.44. The maximum atomic E-state index is 12.0. The number of carbonyl (C=O) groups excluding carboxylic acids is 3. The lowest BCUT2D eigenvalue weighted by Crippen LogP contribution is -2.30. The Hall–Kier alpha value is -2.67. The predicted molar refractivity (Wildman–Crippen MR) is 64.8 cm³/mol. The van der Waals surface area contributed by atoms with Crippen molar-refractivity contribution in [2.24, 2.45) is 0 Å². The molecule has 1 aliphatic rings. The van der Waals surface area contributed by atoms with Gasteiger partial charge in [-0.15, -0.1) is 0 Å². The van der Waals surface area contributed by atoms with Crippen LogP contribution in [0.1, 0.15) is 27.6 Å². The van der Waals surface area contributed by atoms with Crippen molar-refractivity contribution in [1.82, 2.24) is 5.32 Å². The zero-order valence-electron chi connectivity index (χ0n) is 9.61. The molecule has 0 atom stereocenters. The fourth-order valence-electron chi connectivity index (χ4n) is 1.68. The third-order valence-corrected chi connectivity index (χ3v) is 2.44. The molecule has 0 heterocycles. The molecular weight excluding hydrogens is 230 g/mol. The van der Waals surface area contributed by atoms with Gasteiger partial charge in [0, 0.05) is 17.2 Å². The van der Waals surface area contributed by atoms with Crippen LogP contribution < -0.4 is 5.32 Å². The number of rotatable bonds is 1. The van der Waals surface area contributed by atoms with Gasteiger partial charge in [0.2, 0.25) is 5.78 Å². The highest BCUT2D eigenvalue weighted by Gasteiger charge is 2.25. The summed E-state index contributed by atoms with van der Waals surface area (Å²) in [6, 6.07) is 6.49. The van der Waals surface area contributed by atoms with Crippen LogP contribution in [0, 0.1) is 11.8 Å². The van der Waals surface area contributed by atoms with E-state index in [2.05, 4.69) is 17.2 Å². The summed E-state index contributed by atoms with van der Waals surface area (Å²) >= 11 is 0. The summed E-state index contributed by atoms with van der Waals surface area (Å²) in [6.07, 6.45) is 1.12. The molecule has 0 spiro atoms. The van der Waals surface area contributed by atoms with Crippen LogP contribution in [-0.2, 0) is 4.79 Å². The van der Waals surface area contributed by atoms with E-state index in [1.807, 2.05) is 0 Å². The Morgan fingerprint density at radius 1 is 1.17 bits per heavy atom. The minimum Gasteiger partial charge on any atom is -0.312 e. The highest BCUT2D eigenvalue weighted by Crippen LogP contribution is 2.19. The van der Waals surface area contributed by atoms with E-state index in [0.717, 1.165) is 6.08 Å². The molecule has 1 aromatic rings. The van der Waals surface area contributed by atoms with E-state index in [0.29, 0.717) is 11.1 Å². The molecule has 0 radical (unpaired) electrons. The van der Waals surface area contributed by atoms with Gasteiger partial charge in [0.05, 0.1) is 5.70 Å². The summed E-state index contributed by atoms with van der Waals surface area (Å²) in [4.78, 5) is 35.1. The third kappa shape index (κ3) is 2.06. The molecule has 4 nitrogen and oxygen atoms in total. The second kappa shape index (κ2) is 4.68. The fourth-order valence-corrected chi connectivity index (χ4v) is 1.68. The average molecular weight is 239 g/mol. The Kier molecular flexibility index (Phi) is 3.07. The first-order chi connectivity index (χ1) is 8.63. The minimum atomic E-state index is -0.607. The normalized spacial score (nSPS) is 13.1. The van der Waals surface area contributed by atoms with E-state index in [9.17, 15) is 14.4 Å². The summed E-state index contributed by atoms with van der Waals surface area (Å²) in [7, 11) is 0. The van der Waals surface area contributed by atoms with Crippen LogP contribution >= 0.6 is 0 Å². The van der Waals surface area contributed by atoms with Gasteiger partial charge in [0.25, 0.3) is 5.91 Å². The van der Waals surface area contributed by atoms with Gasteiger partial charge < -0.3 is 5.32 Å². The molecule has 0 bridgehead atoms. The molecule has 0 aliphatic heterocycles. The van der Waals surface area contributed by atoms with Crippen molar-refractivity contribution < 1.29 is 14.4 Å². The molecule has 1 aromatic carbocycles. The fraction of sp³-hybridized carbons (Fsp3) is 0.0714. The number of ketones is 2. The molecule has 0 saturated heterocycles. The second-order valence-corrected chi connectivity index (χ2v) is 3.63. The monoisotopic (exact) mass is 239 g/mol. The maximum Gasteiger partial charge on any atom is 0.300 e. The first-order valence-electron chi connectivity index (χ1n) is 5.27. The second-order valence-electron chi connectivity index (χ2n) is 3.63. The van der Waals surface area contributed by atoms with Gasteiger partial charge in [-0.05, 0) is 12.8 Å². The van der Waals surface area contributed by atoms with Gasteiger partial charge in [0.15, 0.2) is 5.78 Å². The molecule has 0 saturated carbocycles. The van der Waals surface area contributed by atoms with Gasteiger partial charge in [-0.25, -0.2) is 0 Å². The van der Waals surface area contributed by atoms with E-state index in [1.54, 1.807) is 24.3 Å². The van der Waals surface area contributed by atoms with Crippen molar-refractivity contribution in [2.75, 3.05) is 0 Å². The molecule has 88 valence electrons. The van der Waals surface area contributed by atoms with Crippen LogP contribution in [0.3, 0.4) is 0 Å². The Bertz CT molecular complexity index is 644. The molecule has 4 heteroatoms. The van der Waals surface area contributed by atoms with E-state index < -0.39 is 5.91 Å². The molecule has 1 aliphatic carbocycles. The summed E-state index contributed by atoms with van der Waals surface area (Å²) in [5.74, 6) is 3.38. The Morgan fingerprint density at radius 3 is 2.50 bits per heavy atom. The van der Waals surface area contributed by atoms with E-state index in [1.165, 1.54) is 6.92 Å². The Labute approximate surface area is 104 Å². The zero-order chi connectivity index (χ0) is 13.1. The van der Waals surface area contributed by atoms with Gasteiger partial charge in [-0.2, -0.15) is 0 Å². The van der Waals surface area contributed by atoms with Crippen LogP contribution in [-0.4, -0.2) is 17.5 Å². The van der Waals surface area contributed by atoms with Crippen LogP contribution in [0.5, 0.6) is 0 Å². The maximum absolute atomic E-state index is 12.0. The lowest BCUT2D eigenvalue weighted by molar-refractivity contribution is -0.115. The average Bonchev–Trinajstić information content (AvgIpc) is 2.36. The number of nitrogens with one attached hydrogen (secondary N) is 1. The lowest BCUT2D eigenvalue weighted by Gasteiger charge is -2.14. The van der Waals surface area contributed by atoms with Crippen molar-refractivity contribution in [1.29, 1.82) is 0 Å². The SMILES string of the molecule is CC#CC(=O)NC1=CC(=O)c2ccccc2C1=O. The smallest absolute Gasteiger partial charge is 0.300 e. The number of carbonyl (C=O) groups is 3. The number of allylic oxidation sites excluding steroid dienone is 2. The van der Waals surface area contributed by atoms with Gasteiger partial charge in [0.1, 0.15) is 0 Å². The van der Waals surface area contributed by atoms with Crippen LogP contribution in [0.15, 0.2) is 36.0 Å². The highest BCUT2D eigenvalue weighted by atomic mass is 16.2. The molecule has 0 unspecified atom stereocenters. The lowest BCUT2D eigenvalue weighted by atomic mass is 9.93. The van der Waals surface area contributed by atoms with E-state index in [-0.39, 0.29) is 17.3 Å². The number of Topliss-reactive ketones (excluding diaryl/α,β-unsaturated/α-hetero) is 1. The Morgan fingerprint density at radius 2 is 1.83 bits per heavy atom. The predicted octanol–water partition coefficient (Wildman–Crippen LogP) is 1.09. The van der Waals surface area contributed by atoms with Crippen molar-refractivity contribution in [3.63, 3.8) is 0 Å². The van der Waals surface area contributed by atoms with Gasteiger partial charge in [-0.3, -0.25) is 14.4 Å². The first kappa shape index (κ1) is 11.8. The standard InChI is InChI=1S/C14H9NO3/c1-2-5-13(17)15-11-8-12(16)9-6-3-4-7-10(9)14(11)18/h3-4,6-8H,1H3,(H,15,17). The first-order valence-corrected chi connectivity index (χ1v) is 5.27. The van der Waals surface area contributed by atoms with Crippen molar-refractivity contribution in [3.05, 3.63) is 47.2 Å². The number of hydrogen-bond donors (Lipinski definition) is 1. The van der Waals surface area contributed by atoms with E-state index in [4.69, 9.17) is 0 Å². The van der Waals surface area contributed by atoms with Crippen molar-refractivity contribution >= 4 is 17.5 Å². The highest BCUT2D eigenvalue weighted by molar-refractivity contribution is 6.25. The van der Waals surface area contributed by atoms with Crippen LogP contribution in [0.25, 0.3) is 0 Å². The van der Waals surface area contributed by atoms with Crippen LogP contribution in [0.4, 0.5) is 0 Å².